The number of pyridine rings is 1. The summed E-state index contributed by atoms with van der Waals surface area (Å²) in [5.41, 5.74) is 4.84. The molecule has 2 heteroatoms. The predicted octanol–water partition coefficient (Wildman–Crippen LogP) is 4.34. The highest BCUT2D eigenvalue weighted by atomic mass is 14.9. The minimum atomic E-state index is 0.772. The highest BCUT2D eigenvalue weighted by Gasteiger charge is 1.96. The monoisotopic (exact) mass is 254 g/mol. The number of hydrogen-bond acceptors (Lipinski definition) is 2. The van der Waals surface area contributed by atoms with Crippen molar-refractivity contribution in [2.75, 3.05) is 5.32 Å². The van der Waals surface area contributed by atoms with E-state index in [1.54, 1.807) is 0 Å². The molecule has 2 aromatic rings. The first-order chi connectivity index (χ1) is 9.28. The third-order valence-electron chi connectivity index (χ3n) is 3.22. The molecule has 0 aliphatic carbocycles. The van der Waals surface area contributed by atoms with Gasteiger partial charge in [0.25, 0.3) is 0 Å². The molecule has 0 spiro atoms. The zero-order valence-electron chi connectivity index (χ0n) is 11.8. The molecule has 19 heavy (non-hydrogen) atoms. The van der Waals surface area contributed by atoms with E-state index in [2.05, 4.69) is 60.5 Å². The highest BCUT2D eigenvalue weighted by Crippen LogP contribution is 2.12. The van der Waals surface area contributed by atoms with Gasteiger partial charge >= 0.3 is 0 Å². The first-order valence-corrected chi connectivity index (χ1v) is 7.02. The number of nitrogens with one attached hydrogen (secondary N) is 1. The Labute approximate surface area is 115 Å². The summed E-state index contributed by atoms with van der Waals surface area (Å²) in [6, 6.07) is 12.9. The predicted molar refractivity (Wildman–Crippen MR) is 81.4 cm³/mol. The van der Waals surface area contributed by atoms with Gasteiger partial charge in [-0.25, -0.2) is 0 Å². The maximum Gasteiger partial charge on any atom is 0.0594 e. The quantitative estimate of drug-likeness (QED) is 0.829. The van der Waals surface area contributed by atoms with Crippen molar-refractivity contribution in [2.24, 2.45) is 0 Å². The molecular weight excluding hydrogens is 232 g/mol. The second-order valence-electron chi connectivity index (χ2n) is 4.98. The molecule has 0 saturated carbocycles. The minimum Gasteiger partial charge on any atom is -0.379 e. The van der Waals surface area contributed by atoms with E-state index < -0.39 is 0 Å². The van der Waals surface area contributed by atoms with Gasteiger partial charge in [-0.1, -0.05) is 31.5 Å². The van der Waals surface area contributed by atoms with Gasteiger partial charge in [0, 0.05) is 11.9 Å². The molecule has 0 radical (unpaired) electrons. The van der Waals surface area contributed by atoms with Crippen LogP contribution < -0.4 is 5.32 Å². The summed E-state index contributed by atoms with van der Waals surface area (Å²) < 4.78 is 0. The van der Waals surface area contributed by atoms with Gasteiger partial charge in [-0.15, -0.1) is 0 Å². The van der Waals surface area contributed by atoms with Crippen molar-refractivity contribution in [2.45, 2.75) is 39.7 Å². The first kappa shape index (κ1) is 13.6. The second-order valence-corrected chi connectivity index (χ2v) is 4.98. The van der Waals surface area contributed by atoms with Crippen LogP contribution >= 0.6 is 0 Å². The molecule has 1 heterocycles. The van der Waals surface area contributed by atoms with Crippen molar-refractivity contribution in [3.05, 3.63) is 59.4 Å². The first-order valence-electron chi connectivity index (χ1n) is 7.02. The summed E-state index contributed by atoms with van der Waals surface area (Å²) in [7, 11) is 0. The van der Waals surface area contributed by atoms with E-state index in [4.69, 9.17) is 0 Å². The SMILES string of the molecule is CCCCc1ccc(NCc2ccc(C)cn2)cc1. The fourth-order valence-electron chi connectivity index (χ4n) is 1.97. The van der Waals surface area contributed by atoms with Crippen LogP contribution in [0.25, 0.3) is 0 Å². The van der Waals surface area contributed by atoms with Crippen LogP contribution in [0, 0.1) is 6.92 Å². The van der Waals surface area contributed by atoms with Crippen LogP contribution in [0.2, 0.25) is 0 Å². The third kappa shape index (κ3) is 4.40. The van der Waals surface area contributed by atoms with E-state index in [9.17, 15) is 0 Å². The zero-order valence-corrected chi connectivity index (χ0v) is 11.8. The minimum absolute atomic E-state index is 0.772. The van der Waals surface area contributed by atoms with Crippen LogP contribution in [0.1, 0.15) is 36.6 Å². The molecule has 1 aromatic heterocycles. The molecule has 0 atom stereocenters. The molecule has 0 saturated heterocycles. The van der Waals surface area contributed by atoms with Crippen LogP contribution in [0.3, 0.4) is 0 Å². The number of nitrogens with zero attached hydrogens (tertiary/aromatic N) is 1. The van der Waals surface area contributed by atoms with Gasteiger partial charge in [0.1, 0.15) is 0 Å². The number of unbranched alkanes of at least 4 members (excludes halogenated alkanes) is 1. The molecule has 0 bridgehead atoms. The van der Waals surface area contributed by atoms with Gasteiger partial charge in [-0.05, 0) is 49.1 Å². The highest BCUT2D eigenvalue weighted by molar-refractivity contribution is 5.44. The van der Waals surface area contributed by atoms with E-state index in [1.165, 1.54) is 30.4 Å². The number of aromatic nitrogens is 1. The molecule has 1 N–H and O–H groups in total. The fourth-order valence-corrected chi connectivity index (χ4v) is 1.97. The Morgan fingerprint density at radius 2 is 1.84 bits per heavy atom. The van der Waals surface area contributed by atoms with Gasteiger partial charge in [0.2, 0.25) is 0 Å². The van der Waals surface area contributed by atoms with Crippen molar-refractivity contribution < 1.29 is 0 Å². The summed E-state index contributed by atoms with van der Waals surface area (Å²) in [6.45, 7) is 5.05. The largest absolute Gasteiger partial charge is 0.379 e. The lowest BCUT2D eigenvalue weighted by Crippen LogP contribution is -2.01. The normalized spacial score (nSPS) is 10.4. The number of aryl methyl sites for hydroxylation is 2. The Bertz CT molecular complexity index is 486. The van der Waals surface area contributed by atoms with Crippen molar-refractivity contribution >= 4 is 5.69 Å². The average Bonchev–Trinajstić information content (AvgIpc) is 2.46. The van der Waals surface area contributed by atoms with Gasteiger partial charge < -0.3 is 5.32 Å². The lowest BCUT2D eigenvalue weighted by molar-refractivity contribution is 0.795. The fraction of sp³-hybridized carbons (Fsp3) is 0.353. The van der Waals surface area contributed by atoms with Crippen LogP contribution in [0.5, 0.6) is 0 Å². The van der Waals surface area contributed by atoms with Gasteiger partial charge in [0.15, 0.2) is 0 Å². The molecule has 0 aliphatic heterocycles. The number of anilines is 1. The van der Waals surface area contributed by atoms with Gasteiger partial charge in [-0.2, -0.15) is 0 Å². The Kier molecular flexibility index (Phi) is 4.96. The van der Waals surface area contributed by atoms with Crippen molar-refractivity contribution in [3.8, 4) is 0 Å². The standard InChI is InChI=1S/C17H22N2/c1-3-4-5-15-7-10-16(11-8-15)19-13-17-9-6-14(2)12-18-17/h6-12,19H,3-5,13H2,1-2H3. The molecule has 0 aliphatic rings. The topological polar surface area (TPSA) is 24.9 Å². The second kappa shape index (κ2) is 6.93. The summed E-state index contributed by atoms with van der Waals surface area (Å²) in [4.78, 5) is 4.39. The summed E-state index contributed by atoms with van der Waals surface area (Å²) in [6.07, 6.45) is 5.60. The maximum absolute atomic E-state index is 4.39. The van der Waals surface area contributed by atoms with Crippen molar-refractivity contribution in [1.29, 1.82) is 0 Å². The lowest BCUT2D eigenvalue weighted by atomic mass is 10.1. The molecule has 0 unspecified atom stereocenters. The summed E-state index contributed by atoms with van der Waals surface area (Å²) in [5, 5.41) is 3.40. The van der Waals surface area contributed by atoms with E-state index in [0.29, 0.717) is 0 Å². The van der Waals surface area contributed by atoms with Crippen LogP contribution in [0.4, 0.5) is 5.69 Å². The van der Waals surface area contributed by atoms with E-state index in [1.807, 2.05) is 6.20 Å². The van der Waals surface area contributed by atoms with Crippen LogP contribution in [-0.2, 0) is 13.0 Å². The Balaban J connectivity index is 1.87. The maximum atomic E-state index is 4.39. The molecule has 0 amide bonds. The van der Waals surface area contributed by atoms with Gasteiger partial charge in [-0.3, -0.25) is 4.98 Å². The van der Waals surface area contributed by atoms with Gasteiger partial charge in [0.05, 0.1) is 12.2 Å². The summed E-state index contributed by atoms with van der Waals surface area (Å²) >= 11 is 0. The van der Waals surface area contributed by atoms with Crippen molar-refractivity contribution in [3.63, 3.8) is 0 Å². The van der Waals surface area contributed by atoms with Crippen LogP contribution in [0.15, 0.2) is 42.6 Å². The average molecular weight is 254 g/mol. The van der Waals surface area contributed by atoms with Crippen LogP contribution in [-0.4, -0.2) is 4.98 Å². The van der Waals surface area contributed by atoms with E-state index >= 15 is 0 Å². The zero-order chi connectivity index (χ0) is 13.5. The summed E-state index contributed by atoms with van der Waals surface area (Å²) in [5.74, 6) is 0. The van der Waals surface area contributed by atoms with E-state index in [0.717, 1.165) is 17.9 Å². The molecular formula is C17H22N2. The molecule has 2 rings (SSSR count). The smallest absolute Gasteiger partial charge is 0.0594 e. The lowest BCUT2D eigenvalue weighted by Gasteiger charge is -2.07. The Hall–Kier alpha value is -1.83. The number of hydrogen-bond donors (Lipinski definition) is 1. The number of rotatable bonds is 6. The molecule has 2 nitrogen and oxygen atoms in total. The molecule has 1 aromatic carbocycles. The number of benzene rings is 1. The Morgan fingerprint density at radius 3 is 2.47 bits per heavy atom. The van der Waals surface area contributed by atoms with Crippen molar-refractivity contribution in [1.82, 2.24) is 4.98 Å². The Morgan fingerprint density at radius 1 is 1.05 bits per heavy atom. The molecule has 0 fully saturated rings. The molecule has 100 valence electrons. The third-order valence-corrected chi connectivity index (χ3v) is 3.22. The van der Waals surface area contributed by atoms with E-state index in [-0.39, 0.29) is 0 Å².